The van der Waals surface area contributed by atoms with Gasteiger partial charge in [-0.3, -0.25) is 4.99 Å². The molecule has 1 aliphatic heterocycles. The van der Waals surface area contributed by atoms with Crippen LogP contribution in [0.15, 0.2) is 29.3 Å². The van der Waals surface area contributed by atoms with Gasteiger partial charge >= 0.3 is 0 Å². The molecule has 2 N–H and O–H groups in total. The lowest BCUT2D eigenvalue weighted by molar-refractivity contribution is -0.00501. The van der Waals surface area contributed by atoms with E-state index < -0.39 is 0 Å². The van der Waals surface area contributed by atoms with Gasteiger partial charge < -0.3 is 20.3 Å². The summed E-state index contributed by atoms with van der Waals surface area (Å²) in [6, 6.07) is 7.84. The van der Waals surface area contributed by atoms with Crippen molar-refractivity contribution < 1.29 is 4.74 Å². The molecule has 1 aromatic carbocycles. The average Bonchev–Trinajstić information content (AvgIpc) is 2.56. The van der Waals surface area contributed by atoms with E-state index in [1.54, 1.807) is 7.05 Å². The Morgan fingerprint density at radius 2 is 2.00 bits per heavy atom. The monoisotopic (exact) mass is 466 g/mol. The van der Waals surface area contributed by atoms with Gasteiger partial charge in [0.2, 0.25) is 0 Å². The van der Waals surface area contributed by atoms with Crippen LogP contribution < -0.4 is 10.6 Å². The van der Waals surface area contributed by atoms with Crippen molar-refractivity contribution in [3.63, 3.8) is 0 Å². The predicted octanol–water partition coefficient (Wildman–Crippen LogP) is 2.73. The zero-order chi connectivity index (χ0) is 16.7. The van der Waals surface area contributed by atoms with Crippen LogP contribution >= 0.6 is 35.6 Å². The fourth-order valence-corrected chi connectivity index (χ4v) is 3.05. The Labute approximate surface area is 167 Å². The fourth-order valence-electron chi connectivity index (χ4n) is 2.84. The van der Waals surface area contributed by atoms with Crippen LogP contribution in [0.2, 0.25) is 5.02 Å². The summed E-state index contributed by atoms with van der Waals surface area (Å²) in [5, 5.41) is 7.54. The lowest BCUT2D eigenvalue weighted by atomic mass is 9.88. The van der Waals surface area contributed by atoms with Crippen LogP contribution in [0.4, 0.5) is 0 Å². The first kappa shape index (κ1) is 21.5. The van der Waals surface area contributed by atoms with Gasteiger partial charge in [0.25, 0.3) is 0 Å². The van der Waals surface area contributed by atoms with Gasteiger partial charge in [0.05, 0.1) is 0 Å². The summed E-state index contributed by atoms with van der Waals surface area (Å²) >= 11 is 6.02. The maximum absolute atomic E-state index is 6.02. The van der Waals surface area contributed by atoms with Crippen LogP contribution in [0.5, 0.6) is 0 Å². The molecule has 0 spiro atoms. The lowest BCUT2D eigenvalue weighted by Crippen LogP contribution is -2.57. The predicted molar refractivity (Wildman–Crippen MR) is 112 cm³/mol. The molecule has 1 fully saturated rings. The summed E-state index contributed by atoms with van der Waals surface area (Å²) in [7, 11) is 6.06. The number of rotatable bonds is 5. The van der Waals surface area contributed by atoms with Gasteiger partial charge in [0, 0.05) is 43.9 Å². The third kappa shape index (κ3) is 6.06. The summed E-state index contributed by atoms with van der Waals surface area (Å²) in [6.45, 7) is 3.17. The van der Waals surface area contributed by atoms with Gasteiger partial charge in [-0.1, -0.05) is 23.7 Å². The first-order valence-electron chi connectivity index (χ1n) is 8.00. The topological polar surface area (TPSA) is 48.9 Å². The van der Waals surface area contributed by atoms with Crippen LogP contribution in [-0.4, -0.2) is 57.3 Å². The number of nitrogens with zero attached hydrogens (tertiary/aromatic N) is 2. The minimum absolute atomic E-state index is 0. The first-order chi connectivity index (χ1) is 11.1. The summed E-state index contributed by atoms with van der Waals surface area (Å²) in [5.74, 6) is 0.803. The van der Waals surface area contributed by atoms with Gasteiger partial charge in [-0.2, -0.15) is 0 Å². The summed E-state index contributed by atoms with van der Waals surface area (Å²) in [6.07, 6.45) is 2.05. The second-order valence-electron chi connectivity index (χ2n) is 6.14. The van der Waals surface area contributed by atoms with E-state index in [0.29, 0.717) is 6.54 Å². The number of nitrogens with one attached hydrogen (secondary N) is 2. The van der Waals surface area contributed by atoms with Gasteiger partial charge in [-0.05, 0) is 44.6 Å². The molecule has 24 heavy (non-hydrogen) atoms. The van der Waals surface area contributed by atoms with Crippen LogP contribution in [0.1, 0.15) is 18.4 Å². The molecule has 0 aliphatic carbocycles. The van der Waals surface area contributed by atoms with E-state index in [2.05, 4.69) is 34.6 Å². The Morgan fingerprint density at radius 3 is 2.58 bits per heavy atom. The van der Waals surface area contributed by atoms with Crippen LogP contribution in [0.25, 0.3) is 0 Å². The number of guanidine groups is 1. The van der Waals surface area contributed by atoms with Crippen LogP contribution in [-0.2, 0) is 11.3 Å². The Morgan fingerprint density at radius 1 is 1.29 bits per heavy atom. The number of benzene rings is 1. The second kappa shape index (κ2) is 10.4. The summed E-state index contributed by atoms with van der Waals surface area (Å²) in [4.78, 5) is 6.61. The molecule has 1 aromatic rings. The number of hydrogen-bond donors (Lipinski definition) is 2. The van der Waals surface area contributed by atoms with Gasteiger partial charge in [-0.15, -0.1) is 24.0 Å². The number of halogens is 2. The minimum atomic E-state index is 0. The third-order valence-electron chi connectivity index (χ3n) is 4.53. The molecule has 0 atom stereocenters. The molecule has 0 saturated carbocycles. The van der Waals surface area contributed by atoms with E-state index >= 15 is 0 Å². The van der Waals surface area contributed by atoms with Crippen molar-refractivity contribution in [1.82, 2.24) is 15.5 Å². The quantitative estimate of drug-likeness (QED) is 0.398. The van der Waals surface area contributed by atoms with E-state index in [9.17, 15) is 0 Å². The normalized spacial score (nSPS) is 17.3. The molecule has 136 valence electrons. The molecule has 2 rings (SSSR count). The molecular formula is C17H28ClIN4O. The van der Waals surface area contributed by atoms with E-state index in [0.717, 1.165) is 49.1 Å². The third-order valence-corrected chi connectivity index (χ3v) is 4.76. The van der Waals surface area contributed by atoms with Crippen LogP contribution in [0, 0.1) is 0 Å². The minimum Gasteiger partial charge on any atom is -0.381 e. The van der Waals surface area contributed by atoms with E-state index in [-0.39, 0.29) is 29.5 Å². The molecule has 0 unspecified atom stereocenters. The maximum atomic E-state index is 6.02. The SMILES string of the molecule is CN=C(NCc1cccc(Cl)c1)NCC1(N(C)C)CCOCC1.I. The van der Waals surface area contributed by atoms with Crippen molar-refractivity contribution in [3.8, 4) is 0 Å². The standard InChI is InChI=1S/C17H27ClN4O.HI/c1-19-16(20-12-14-5-4-6-15(18)11-14)21-13-17(22(2)3)7-9-23-10-8-17;/h4-6,11H,7-10,12-13H2,1-3H3,(H2,19,20,21);1H. The maximum Gasteiger partial charge on any atom is 0.191 e. The van der Waals surface area contributed by atoms with Gasteiger partial charge in [-0.25, -0.2) is 0 Å². The highest BCUT2D eigenvalue weighted by molar-refractivity contribution is 14.0. The highest BCUT2D eigenvalue weighted by atomic mass is 127. The zero-order valence-electron chi connectivity index (χ0n) is 14.6. The molecule has 1 aliphatic rings. The lowest BCUT2D eigenvalue weighted by Gasteiger charge is -2.43. The Bertz CT molecular complexity index is 533. The number of likely N-dealkylation sites (N-methyl/N-ethyl adjacent to an activating group) is 1. The van der Waals surface area contributed by atoms with Crippen molar-refractivity contribution in [3.05, 3.63) is 34.9 Å². The molecular weight excluding hydrogens is 439 g/mol. The smallest absolute Gasteiger partial charge is 0.191 e. The largest absolute Gasteiger partial charge is 0.381 e. The molecule has 0 bridgehead atoms. The number of aliphatic imine (C=N–C) groups is 1. The molecule has 0 radical (unpaired) electrons. The van der Waals surface area contributed by atoms with Crippen molar-refractivity contribution in [2.45, 2.75) is 24.9 Å². The zero-order valence-corrected chi connectivity index (χ0v) is 17.7. The second-order valence-corrected chi connectivity index (χ2v) is 6.58. The Balaban J connectivity index is 0.00000288. The number of hydrogen-bond acceptors (Lipinski definition) is 3. The molecule has 1 saturated heterocycles. The highest BCUT2D eigenvalue weighted by Crippen LogP contribution is 2.25. The average molecular weight is 467 g/mol. The molecule has 7 heteroatoms. The fraction of sp³-hybridized carbons (Fsp3) is 0.588. The molecule has 5 nitrogen and oxygen atoms in total. The van der Waals surface area contributed by atoms with E-state index in [1.165, 1.54) is 0 Å². The Kier molecular flexibility index (Phi) is 9.33. The summed E-state index contributed by atoms with van der Waals surface area (Å²) in [5.41, 5.74) is 1.25. The molecule has 1 heterocycles. The number of ether oxygens (including phenoxy) is 1. The van der Waals surface area contributed by atoms with Gasteiger partial charge in [0.1, 0.15) is 0 Å². The highest BCUT2D eigenvalue weighted by Gasteiger charge is 2.34. The van der Waals surface area contributed by atoms with Gasteiger partial charge in [0.15, 0.2) is 5.96 Å². The van der Waals surface area contributed by atoms with Crippen molar-refractivity contribution in [2.24, 2.45) is 4.99 Å². The van der Waals surface area contributed by atoms with E-state index in [1.807, 2.05) is 24.3 Å². The molecule has 0 amide bonds. The van der Waals surface area contributed by atoms with Crippen LogP contribution in [0.3, 0.4) is 0 Å². The first-order valence-corrected chi connectivity index (χ1v) is 8.38. The van der Waals surface area contributed by atoms with Crippen molar-refractivity contribution >= 4 is 41.5 Å². The van der Waals surface area contributed by atoms with Crippen molar-refractivity contribution in [1.29, 1.82) is 0 Å². The van der Waals surface area contributed by atoms with Crippen molar-refractivity contribution in [2.75, 3.05) is 40.9 Å². The summed E-state index contributed by atoms with van der Waals surface area (Å²) < 4.78 is 5.51. The Hall–Kier alpha value is -0.570. The molecule has 0 aromatic heterocycles. The van der Waals surface area contributed by atoms with E-state index in [4.69, 9.17) is 16.3 Å².